The molecule has 0 bridgehead atoms. The van der Waals surface area contributed by atoms with Gasteiger partial charge in [-0.2, -0.15) is 0 Å². The van der Waals surface area contributed by atoms with Crippen LogP contribution in [0.2, 0.25) is 5.02 Å². The summed E-state index contributed by atoms with van der Waals surface area (Å²) in [6.07, 6.45) is 3.67. The third-order valence-electron chi connectivity index (χ3n) is 7.49. The van der Waals surface area contributed by atoms with E-state index in [1.807, 2.05) is 66.9 Å². The molecule has 0 atom stereocenters. The average molecular weight is 572 g/mol. The molecule has 0 spiro atoms. The summed E-state index contributed by atoms with van der Waals surface area (Å²) in [7, 11) is 0. The molecule has 0 aliphatic heterocycles. The van der Waals surface area contributed by atoms with E-state index in [9.17, 15) is 0 Å². The SMILES string of the molecule is Clc1ccc(-c2ccc(-c3cccc(-c4cc(-c5ccc(-c6cccnc6)cc5)nc(-c5ccccc5)n4)c3)cc2)cc1. The zero-order valence-electron chi connectivity index (χ0n) is 23.2. The van der Waals surface area contributed by atoms with Gasteiger partial charge in [-0.3, -0.25) is 4.98 Å². The van der Waals surface area contributed by atoms with Gasteiger partial charge in [-0.1, -0.05) is 127 Å². The van der Waals surface area contributed by atoms with Gasteiger partial charge < -0.3 is 0 Å². The summed E-state index contributed by atoms with van der Waals surface area (Å²) >= 11 is 6.08. The number of hydrogen-bond acceptors (Lipinski definition) is 3. The fourth-order valence-corrected chi connectivity index (χ4v) is 5.31. The Hall–Kier alpha value is -5.38. The largest absolute Gasteiger partial charge is 0.264 e. The van der Waals surface area contributed by atoms with Crippen molar-refractivity contribution >= 4 is 11.6 Å². The lowest BCUT2D eigenvalue weighted by Gasteiger charge is -2.11. The minimum absolute atomic E-state index is 0.696. The number of pyridine rings is 1. The fourth-order valence-electron chi connectivity index (χ4n) is 5.18. The van der Waals surface area contributed by atoms with Crippen LogP contribution in [0.25, 0.3) is 67.3 Å². The predicted molar refractivity (Wildman–Crippen MR) is 177 cm³/mol. The average Bonchev–Trinajstić information content (AvgIpc) is 3.09. The highest BCUT2D eigenvalue weighted by Crippen LogP contribution is 2.32. The van der Waals surface area contributed by atoms with Crippen LogP contribution in [0.3, 0.4) is 0 Å². The van der Waals surface area contributed by atoms with Crippen molar-refractivity contribution in [1.29, 1.82) is 0 Å². The zero-order chi connectivity index (χ0) is 29.0. The molecule has 2 heterocycles. The van der Waals surface area contributed by atoms with E-state index < -0.39 is 0 Å². The van der Waals surface area contributed by atoms with Gasteiger partial charge in [-0.05, 0) is 63.7 Å². The number of hydrogen-bond donors (Lipinski definition) is 0. The van der Waals surface area contributed by atoms with Gasteiger partial charge in [-0.25, -0.2) is 9.97 Å². The van der Waals surface area contributed by atoms with Crippen molar-refractivity contribution in [3.05, 3.63) is 163 Å². The van der Waals surface area contributed by atoms with Crippen LogP contribution >= 0.6 is 11.6 Å². The molecule has 5 aromatic carbocycles. The third kappa shape index (κ3) is 5.85. The van der Waals surface area contributed by atoms with E-state index in [2.05, 4.69) is 89.9 Å². The molecule has 0 fully saturated rings. The van der Waals surface area contributed by atoms with Crippen LogP contribution in [0.5, 0.6) is 0 Å². The van der Waals surface area contributed by atoms with E-state index in [4.69, 9.17) is 21.6 Å². The molecular weight excluding hydrogens is 546 g/mol. The van der Waals surface area contributed by atoms with Gasteiger partial charge in [-0.15, -0.1) is 0 Å². The van der Waals surface area contributed by atoms with E-state index in [-0.39, 0.29) is 0 Å². The molecule has 43 heavy (non-hydrogen) atoms. The summed E-state index contributed by atoms with van der Waals surface area (Å²) in [4.78, 5) is 14.3. The van der Waals surface area contributed by atoms with Gasteiger partial charge >= 0.3 is 0 Å². The fraction of sp³-hybridized carbons (Fsp3) is 0. The number of aromatic nitrogens is 3. The van der Waals surface area contributed by atoms with E-state index >= 15 is 0 Å². The van der Waals surface area contributed by atoms with E-state index in [0.29, 0.717) is 5.82 Å². The highest BCUT2D eigenvalue weighted by atomic mass is 35.5. The standard InChI is InChI=1S/C39H26ClN3/c40-36-21-19-28(20-22-36)27-11-13-29(14-12-27)33-8-4-9-34(24-33)38-25-37(42-39(43-38)32-6-2-1-3-7-32)31-17-15-30(16-18-31)35-10-5-23-41-26-35/h1-26H. The predicted octanol–water partition coefficient (Wildman–Crippen LogP) is 10.5. The molecule has 3 nitrogen and oxygen atoms in total. The van der Waals surface area contributed by atoms with Crippen molar-refractivity contribution < 1.29 is 0 Å². The topological polar surface area (TPSA) is 38.7 Å². The molecule has 0 amide bonds. The van der Waals surface area contributed by atoms with Crippen LogP contribution < -0.4 is 0 Å². The summed E-state index contributed by atoms with van der Waals surface area (Å²) in [5.41, 5.74) is 11.6. The maximum absolute atomic E-state index is 6.08. The van der Waals surface area contributed by atoms with E-state index in [0.717, 1.165) is 66.5 Å². The Morgan fingerprint density at radius 2 is 0.884 bits per heavy atom. The lowest BCUT2D eigenvalue weighted by atomic mass is 9.98. The molecule has 2 aromatic heterocycles. The van der Waals surface area contributed by atoms with Gasteiger partial charge in [0, 0.05) is 34.1 Å². The first-order valence-electron chi connectivity index (χ1n) is 14.1. The first kappa shape index (κ1) is 26.5. The minimum atomic E-state index is 0.696. The highest BCUT2D eigenvalue weighted by molar-refractivity contribution is 6.30. The molecule has 204 valence electrons. The molecular formula is C39H26ClN3. The normalized spacial score (nSPS) is 10.9. The monoisotopic (exact) mass is 571 g/mol. The molecule has 0 aliphatic carbocycles. The molecule has 7 rings (SSSR count). The van der Waals surface area contributed by atoms with E-state index in [1.165, 1.54) is 0 Å². The molecule has 0 N–H and O–H groups in total. The van der Waals surface area contributed by atoms with Crippen LogP contribution in [0.4, 0.5) is 0 Å². The van der Waals surface area contributed by atoms with Crippen molar-refractivity contribution in [3.63, 3.8) is 0 Å². The van der Waals surface area contributed by atoms with Crippen molar-refractivity contribution in [2.45, 2.75) is 0 Å². The number of halogens is 1. The van der Waals surface area contributed by atoms with Gasteiger partial charge in [0.25, 0.3) is 0 Å². The molecule has 0 radical (unpaired) electrons. The smallest absolute Gasteiger partial charge is 0.160 e. The maximum Gasteiger partial charge on any atom is 0.160 e. The first-order chi connectivity index (χ1) is 21.2. The Morgan fingerprint density at radius 3 is 1.53 bits per heavy atom. The van der Waals surface area contributed by atoms with Gasteiger partial charge in [0.15, 0.2) is 5.82 Å². The third-order valence-corrected chi connectivity index (χ3v) is 7.74. The summed E-state index contributed by atoms with van der Waals surface area (Å²) in [6.45, 7) is 0. The lowest BCUT2D eigenvalue weighted by molar-refractivity contribution is 1.18. The van der Waals surface area contributed by atoms with Crippen LogP contribution in [-0.4, -0.2) is 15.0 Å². The van der Waals surface area contributed by atoms with Gasteiger partial charge in [0.2, 0.25) is 0 Å². The summed E-state index contributed by atoms with van der Waals surface area (Å²) in [5, 5.41) is 0.738. The maximum atomic E-state index is 6.08. The Labute approximate surface area is 256 Å². The Balaban J connectivity index is 1.26. The Kier molecular flexibility index (Phi) is 7.31. The van der Waals surface area contributed by atoms with Crippen LogP contribution in [0.15, 0.2) is 158 Å². The second-order valence-electron chi connectivity index (χ2n) is 10.3. The Morgan fingerprint density at radius 1 is 0.372 bits per heavy atom. The molecule has 0 aliphatic rings. The van der Waals surface area contributed by atoms with Gasteiger partial charge in [0.05, 0.1) is 11.4 Å². The number of benzene rings is 5. The first-order valence-corrected chi connectivity index (χ1v) is 14.5. The zero-order valence-corrected chi connectivity index (χ0v) is 24.0. The Bertz CT molecular complexity index is 1990. The molecule has 0 saturated heterocycles. The van der Waals surface area contributed by atoms with Crippen LogP contribution in [0, 0.1) is 0 Å². The summed E-state index contributed by atoms with van der Waals surface area (Å²) < 4.78 is 0. The molecule has 0 saturated carbocycles. The lowest BCUT2D eigenvalue weighted by Crippen LogP contribution is -1.96. The second kappa shape index (κ2) is 11.8. The van der Waals surface area contributed by atoms with Crippen LogP contribution in [-0.2, 0) is 0 Å². The van der Waals surface area contributed by atoms with Crippen molar-refractivity contribution in [3.8, 4) is 67.3 Å². The number of nitrogens with zero attached hydrogens (tertiary/aromatic N) is 3. The van der Waals surface area contributed by atoms with Crippen molar-refractivity contribution in [1.82, 2.24) is 15.0 Å². The van der Waals surface area contributed by atoms with Crippen molar-refractivity contribution in [2.75, 3.05) is 0 Å². The molecule has 0 unspecified atom stereocenters. The highest BCUT2D eigenvalue weighted by Gasteiger charge is 2.12. The van der Waals surface area contributed by atoms with Crippen molar-refractivity contribution in [2.24, 2.45) is 0 Å². The minimum Gasteiger partial charge on any atom is -0.264 e. The quantitative estimate of drug-likeness (QED) is 0.199. The molecule has 4 heteroatoms. The van der Waals surface area contributed by atoms with Crippen LogP contribution in [0.1, 0.15) is 0 Å². The summed E-state index contributed by atoms with van der Waals surface area (Å²) in [5.74, 6) is 0.696. The number of rotatable bonds is 6. The second-order valence-corrected chi connectivity index (χ2v) is 10.7. The summed E-state index contributed by atoms with van der Waals surface area (Å²) in [6, 6.07) is 49.8. The molecule has 7 aromatic rings. The van der Waals surface area contributed by atoms with E-state index in [1.54, 1.807) is 6.20 Å². The van der Waals surface area contributed by atoms with Gasteiger partial charge in [0.1, 0.15) is 0 Å².